The Kier molecular flexibility index (Phi) is 4.94. The van der Waals surface area contributed by atoms with E-state index in [1.165, 1.54) is 0 Å². The Labute approximate surface area is 141 Å². The maximum Gasteiger partial charge on any atom is 0.274 e. The summed E-state index contributed by atoms with van der Waals surface area (Å²) in [6.45, 7) is 7.72. The molecule has 0 unspecified atom stereocenters. The fourth-order valence-electron chi connectivity index (χ4n) is 2.85. The number of hydrogen-bond acceptors (Lipinski definition) is 6. The van der Waals surface area contributed by atoms with Gasteiger partial charge in [0, 0.05) is 45.3 Å². The molecule has 0 N–H and O–H groups in total. The van der Waals surface area contributed by atoms with Gasteiger partial charge in [0.15, 0.2) is 11.5 Å². The van der Waals surface area contributed by atoms with Crippen LogP contribution in [-0.2, 0) is 20.0 Å². The van der Waals surface area contributed by atoms with Crippen LogP contribution in [0.15, 0.2) is 10.6 Å². The Morgan fingerprint density at radius 1 is 1.29 bits per heavy atom. The first-order chi connectivity index (χ1) is 11.6. The predicted octanol–water partition coefficient (Wildman–Crippen LogP) is 1.02. The molecule has 24 heavy (non-hydrogen) atoms. The van der Waals surface area contributed by atoms with Crippen LogP contribution in [0.1, 0.15) is 41.2 Å². The van der Waals surface area contributed by atoms with Gasteiger partial charge in [-0.15, -0.1) is 0 Å². The Bertz CT molecular complexity index is 688. The van der Waals surface area contributed by atoms with Gasteiger partial charge in [0.2, 0.25) is 5.89 Å². The Morgan fingerprint density at radius 2 is 2.12 bits per heavy atom. The lowest BCUT2D eigenvalue weighted by Gasteiger charge is -2.20. The van der Waals surface area contributed by atoms with Crippen LogP contribution in [-0.4, -0.2) is 61.8 Å². The monoisotopic (exact) mass is 332 g/mol. The number of rotatable bonds is 4. The van der Waals surface area contributed by atoms with E-state index in [4.69, 9.17) is 4.52 Å². The first-order valence-corrected chi connectivity index (χ1v) is 8.40. The minimum absolute atomic E-state index is 0.00612. The molecule has 1 amide bonds. The molecule has 3 rings (SSSR count). The molecular weight excluding hydrogens is 308 g/mol. The number of carbonyl (C=O) groups excluding carboxylic acids is 1. The van der Waals surface area contributed by atoms with Crippen LogP contribution in [0, 0.1) is 6.92 Å². The van der Waals surface area contributed by atoms with E-state index in [1.807, 2.05) is 31.9 Å². The maximum atomic E-state index is 12.6. The second-order valence-corrected chi connectivity index (χ2v) is 6.17. The van der Waals surface area contributed by atoms with Gasteiger partial charge < -0.3 is 9.42 Å². The van der Waals surface area contributed by atoms with Gasteiger partial charge in [-0.1, -0.05) is 12.1 Å². The fraction of sp³-hybridized carbons (Fsp3) is 0.625. The van der Waals surface area contributed by atoms with Crippen molar-refractivity contribution >= 4 is 5.91 Å². The molecule has 130 valence electrons. The van der Waals surface area contributed by atoms with E-state index in [-0.39, 0.29) is 5.91 Å². The highest BCUT2D eigenvalue weighted by Gasteiger charge is 2.23. The molecular formula is C16H24N6O2. The Balaban J connectivity index is 1.59. The van der Waals surface area contributed by atoms with Crippen molar-refractivity contribution in [1.29, 1.82) is 0 Å². The van der Waals surface area contributed by atoms with Gasteiger partial charge >= 0.3 is 0 Å². The lowest BCUT2D eigenvalue weighted by molar-refractivity contribution is 0.0754. The number of nitrogens with zero attached hydrogens (tertiary/aromatic N) is 6. The molecule has 1 aliphatic heterocycles. The molecule has 1 fully saturated rings. The lowest BCUT2D eigenvalue weighted by Crippen LogP contribution is -2.35. The van der Waals surface area contributed by atoms with Gasteiger partial charge in [-0.05, 0) is 19.4 Å². The normalized spacial score (nSPS) is 16.4. The zero-order chi connectivity index (χ0) is 17.1. The summed E-state index contributed by atoms with van der Waals surface area (Å²) in [4.78, 5) is 21.1. The third kappa shape index (κ3) is 3.64. The highest BCUT2D eigenvalue weighted by atomic mass is 16.5. The van der Waals surface area contributed by atoms with Crippen molar-refractivity contribution in [2.75, 3.05) is 26.2 Å². The van der Waals surface area contributed by atoms with Crippen molar-refractivity contribution in [2.45, 2.75) is 33.2 Å². The van der Waals surface area contributed by atoms with Crippen LogP contribution in [0.4, 0.5) is 0 Å². The summed E-state index contributed by atoms with van der Waals surface area (Å²) < 4.78 is 7.00. The zero-order valence-corrected chi connectivity index (χ0v) is 14.5. The molecule has 1 saturated heterocycles. The van der Waals surface area contributed by atoms with Gasteiger partial charge in [0.25, 0.3) is 5.91 Å². The van der Waals surface area contributed by atoms with E-state index in [9.17, 15) is 4.79 Å². The quantitative estimate of drug-likeness (QED) is 0.832. The minimum Gasteiger partial charge on any atom is -0.338 e. The molecule has 0 bridgehead atoms. The van der Waals surface area contributed by atoms with E-state index < -0.39 is 0 Å². The van der Waals surface area contributed by atoms with Crippen LogP contribution in [0.2, 0.25) is 0 Å². The molecule has 0 aromatic carbocycles. The van der Waals surface area contributed by atoms with Crippen LogP contribution in [0.5, 0.6) is 0 Å². The fourth-order valence-corrected chi connectivity index (χ4v) is 2.85. The van der Waals surface area contributed by atoms with Gasteiger partial charge in [-0.25, -0.2) is 0 Å². The predicted molar refractivity (Wildman–Crippen MR) is 87.4 cm³/mol. The van der Waals surface area contributed by atoms with Crippen LogP contribution >= 0.6 is 0 Å². The summed E-state index contributed by atoms with van der Waals surface area (Å²) in [7, 11) is 1.85. The molecule has 2 aromatic rings. The van der Waals surface area contributed by atoms with E-state index in [0.717, 1.165) is 44.0 Å². The molecule has 1 aliphatic rings. The SMILES string of the molecule is CCc1noc(CN2CCCN(C(=O)c3cc(C)n(C)n3)CC2)n1. The molecule has 0 spiro atoms. The topological polar surface area (TPSA) is 80.3 Å². The third-order valence-electron chi connectivity index (χ3n) is 4.39. The molecule has 0 atom stereocenters. The number of amides is 1. The largest absolute Gasteiger partial charge is 0.338 e. The van der Waals surface area contributed by atoms with Gasteiger partial charge in [0.1, 0.15) is 0 Å². The molecule has 0 aliphatic carbocycles. The third-order valence-corrected chi connectivity index (χ3v) is 4.39. The molecule has 3 heterocycles. The van der Waals surface area contributed by atoms with Crippen molar-refractivity contribution in [3.8, 4) is 0 Å². The standard InChI is InChI=1S/C16H24N6O2/c1-4-14-17-15(24-19-14)11-21-6-5-7-22(9-8-21)16(23)13-10-12(2)20(3)18-13/h10H,4-9,11H2,1-3H3. The first-order valence-electron chi connectivity index (χ1n) is 8.40. The average Bonchev–Trinajstić information content (AvgIpc) is 3.07. The van der Waals surface area contributed by atoms with Crippen LogP contribution in [0.25, 0.3) is 0 Å². The van der Waals surface area contributed by atoms with E-state index in [1.54, 1.807) is 4.68 Å². The van der Waals surface area contributed by atoms with E-state index >= 15 is 0 Å². The average molecular weight is 332 g/mol. The highest BCUT2D eigenvalue weighted by Crippen LogP contribution is 2.11. The maximum absolute atomic E-state index is 12.6. The highest BCUT2D eigenvalue weighted by molar-refractivity contribution is 5.92. The summed E-state index contributed by atoms with van der Waals surface area (Å²) in [6.07, 6.45) is 1.70. The van der Waals surface area contributed by atoms with Gasteiger partial charge in [-0.3, -0.25) is 14.4 Å². The minimum atomic E-state index is 0.00612. The molecule has 0 radical (unpaired) electrons. The molecule has 0 saturated carbocycles. The number of carbonyl (C=O) groups is 1. The van der Waals surface area contributed by atoms with Crippen molar-refractivity contribution < 1.29 is 9.32 Å². The van der Waals surface area contributed by atoms with Crippen molar-refractivity contribution in [3.63, 3.8) is 0 Å². The Hall–Kier alpha value is -2.22. The van der Waals surface area contributed by atoms with Crippen LogP contribution in [0.3, 0.4) is 0 Å². The van der Waals surface area contributed by atoms with Crippen molar-refractivity contribution in [2.24, 2.45) is 7.05 Å². The van der Waals surface area contributed by atoms with Crippen molar-refractivity contribution in [3.05, 3.63) is 29.2 Å². The summed E-state index contributed by atoms with van der Waals surface area (Å²) in [5.41, 5.74) is 1.51. The number of aromatic nitrogens is 4. The summed E-state index contributed by atoms with van der Waals surface area (Å²) in [5.74, 6) is 1.39. The van der Waals surface area contributed by atoms with Crippen molar-refractivity contribution in [1.82, 2.24) is 29.7 Å². The van der Waals surface area contributed by atoms with E-state index in [2.05, 4.69) is 20.1 Å². The number of aryl methyl sites for hydroxylation is 3. The van der Waals surface area contributed by atoms with E-state index in [0.29, 0.717) is 24.7 Å². The van der Waals surface area contributed by atoms with Crippen LogP contribution < -0.4 is 0 Å². The molecule has 8 heteroatoms. The summed E-state index contributed by atoms with van der Waals surface area (Å²) in [5, 5.41) is 8.22. The molecule has 8 nitrogen and oxygen atoms in total. The molecule has 2 aromatic heterocycles. The second-order valence-electron chi connectivity index (χ2n) is 6.17. The zero-order valence-electron chi connectivity index (χ0n) is 14.5. The lowest BCUT2D eigenvalue weighted by atomic mass is 10.3. The van der Waals surface area contributed by atoms with Gasteiger partial charge in [-0.2, -0.15) is 10.1 Å². The number of hydrogen-bond donors (Lipinski definition) is 0. The first kappa shape index (κ1) is 16.6. The smallest absolute Gasteiger partial charge is 0.274 e. The second kappa shape index (κ2) is 7.12. The van der Waals surface area contributed by atoms with Gasteiger partial charge in [0.05, 0.1) is 6.54 Å². The Morgan fingerprint density at radius 3 is 2.79 bits per heavy atom. The summed E-state index contributed by atoms with van der Waals surface area (Å²) >= 11 is 0. The summed E-state index contributed by atoms with van der Waals surface area (Å²) in [6, 6.07) is 1.84.